The highest BCUT2D eigenvalue weighted by atomic mass is 19.1. The van der Waals surface area contributed by atoms with Crippen LogP contribution in [0.5, 0.6) is 0 Å². The predicted octanol–water partition coefficient (Wildman–Crippen LogP) is 5.16. The van der Waals surface area contributed by atoms with Gasteiger partial charge in [0, 0.05) is 6.42 Å². The molecule has 1 N–H and O–H groups in total. The normalized spacial score (nSPS) is 19.1. The van der Waals surface area contributed by atoms with Crippen molar-refractivity contribution in [2.45, 2.75) is 25.4 Å². The van der Waals surface area contributed by atoms with Crippen LogP contribution >= 0.6 is 0 Å². The topological polar surface area (TPSA) is 24.4 Å². The van der Waals surface area contributed by atoms with Gasteiger partial charge in [-0.25, -0.2) is 4.39 Å². The van der Waals surface area contributed by atoms with E-state index in [1.165, 1.54) is 11.1 Å². The average molecular weight is 344 g/mol. The maximum absolute atomic E-state index is 13.9. The molecule has 0 amide bonds. The molecule has 0 saturated carbocycles. The summed E-state index contributed by atoms with van der Waals surface area (Å²) < 4.78 is 13.9. The average Bonchev–Trinajstić information content (AvgIpc) is 3.10. The molecule has 0 aromatic heterocycles. The molecule has 26 heavy (non-hydrogen) atoms. The molecule has 3 aromatic carbocycles. The van der Waals surface area contributed by atoms with Gasteiger partial charge in [-0.1, -0.05) is 72.8 Å². The van der Waals surface area contributed by atoms with Crippen molar-refractivity contribution in [1.29, 1.82) is 0 Å². The lowest BCUT2D eigenvalue weighted by atomic mass is 9.95. The Morgan fingerprint density at radius 1 is 0.885 bits per heavy atom. The summed E-state index contributed by atoms with van der Waals surface area (Å²) in [7, 11) is 0. The summed E-state index contributed by atoms with van der Waals surface area (Å²) in [6.07, 6.45) is 0.601. The Morgan fingerprint density at radius 2 is 1.54 bits per heavy atom. The molecule has 3 aromatic rings. The smallest absolute Gasteiger partial charge is 0.126 e. The molecule has 1 aliphatic heterocycles. The van der Waals surface area contributed by atoms with Crippen LogP contribution in [0, 0.1) is 12.7 Å². The molecule has 0 fully saturated rings. The molecule has 0 bridgehead atoms. The van der Waals surface area contributed by atoms with Crippen molar-refractivity contribution >= 4 is 5.84 Å². The fraction of sp³-hybridized carbons (Fsp3) is 0.174. The van der Waals surface area contributed by atoms with Gasteiger partial charge in [0.15, 0.2) is 0 Å². The number of hydrogen-bond acceptors (Lipinski definition) is 2. The highest BCUT2D eigenvalue weighted by Crippen LogP contribution is 2.36. The Balaban J connectivity index is 1.64. The highest BCUT2D eigenvalue weighted by molar-refractivity contribution is 5.87. The summed E-state index contributed by atoms with van der Waals surface area (Å²) in [5.74, 6) is 0.733. The molecule has 1 heterocycles. The fourth-order valence-electron chi connectivity index (χ4n) is 3.42. The van der Waals surface area contributed by atoms with E-state index in [1.807, 2.05) is 48.5 Å². The van der Waals surface area contributed by atoms with Crippen LogP contribution in [-0.4, -0.2) is 5.84 Å². The minimum atomic E-state index is -0.166. The minimum absolute atomic E-state index is 0.0175. The molecular formula is C23H21FN2. The summed E-state index contributed by atoms with van der Waals surface area (Å²) in [6, 6.07) is 26.2. The van der Waals surface area contributed by atoms with Gasteiger partial charge in [-0.2, -0.15) is 0 Å². The van der Waals surface area contributed by atoms with Gasteiger partial charge in [0.1, 0.15) is 17.7 Å². The van der Waals surface area contributed by atoms with Crippen LogP contribution in [0.4, 0.5) is 4.39 Å². The van der Waals surface area contributed by atoms with Gasteiger partial charge < -0.3 is 5.32 Å². The van der Waals surface area contributed by atoms with E-state index in [2.05, 4.69) is 29.6 Å². The fourth-order valence-corrected chi connectivity index (χ4v) is 3.42. The zero-order valence-electron chi connectivity index (χ0n) is 14.7. The van der Waals surface area contributed by atoms with Gasteiger partial charge >= 0.3 is 0 Å². The second-order valence-electron chi connectivity index (χ2n) is 6.72. The molecule has 0 saturated heterocycles. The SMILES string of the molecule is Cc1ccc(CC2=N[C@@H](c3ccccc3)[C@@H](c3ccccc3)N2)cc1F. The first-order valence-corrected chi connectivity index (χ1v) is 8.89. The summed E-state index contributed by atoms with van der Waals surface area (Å²) in [5.41, 5.74) is 3.98. The molecule has 130 valence electrons. The summed E-state index contributed by atoms with van der Waals surface area (Å²) in [6.45, 7) is 1.78. The zero-order chi connectivity index (χ0) is 17.9. The predicted molar refractivity (Wildman–Crippen MR) is 104 cm³/mol. The summed E-state index contributed by atoms with van der Waals surface area (Å²) in [4.78, 5) is 4.95. The molecule has 0 aliphatic carbocycles. The number of nitrogens with one attached hydrogen (secondary N) is 1. The van der Waals surface area contributed by atoms with E-state index in [0.29, 0.717) is 12.0 Å². The van der Waals surface area contributed by atoms with Crippen LogP contribution in [0.25, 0.3) is 0 Å². The quantitative estimate of drug-likeness (QED) is 0.694. The maximum Gasteiger partial charge on any atom is 0.126 e. The monoisotopic (exact) mass is 344 g/mol. The molecule has 4 rings (SSSR count). The second kappa shape index (κ2) is 7.12. The van der Waals surface area contributed by atoms with E-state index in [4.69, 9.17) is 4.99 Å². The van der Waals surface area contributed by atoms with Crippen molar-refractivity contribution < 1.29 is 4.39 Å². The van der Waals surface area contributed by atoms with E-state index in [1.54, 1.807) is 13.0 Å². The van der Waals surface area contributed by atoms with Gasteiger partial charge in [-0.3, -0.25) is 4.99 Å². The van der Waals surface area contributed by atoms with Crippen molar-refractivity contribution in [2.75, 3.05) is 0 Å². The largest absolute Gasteiger partial charge is 0.364 e. The van der Waals surface area contributed by atoms with Gasteiger partial charge in [-0.15, -0.1) is 0 Å². The molecule has 2 atom stereocenters. The standard InChI is InChI=1S/C23H21FN2/c1-16-12-13-17(14-20(16)24)15-21-25-22(18-8-4-2-5-9-18)23(26-21)19-10-6-3-7-11-19/h2-14,22-23H,15H2,1H3,(H,25,26)/t22-,23+. The van der Waals surface area contributed by atoms with Crippen LogP contribution in [-0.2, 0) is 6.42 Å². The molecule has 2 nitrogen and oxygen atoms in total. The highest BCUT2D eigenvalue weighted by Gasteiger charge is 2.30. The Labute approximate surface area is 153 Å². The van der Waals surface area contributed by atoms with Gasteiger partial charge in [0.05, 0.1) is 6.04 Å². The van der Waals surface area contributed by atoms with E-state index >= 15 is 0 Å². The van der Waals surface area contributed by atoms with Crippen molar-refractivity contribution in [3.05, 3.63) is 107 Å². The number of hydrogen-bond donors (Lipinski definition) is 1. The van der Waals surface area contributed by atoms with Gasteiger partial charge in [0.25, 0.3) is 0 Å². The first-order valence-electron chi connectivity index (χ1n) is 8.89. The van der Waals surface area contributed by atoms with Gasteiger partial charge in [-0.05, 0) is 35.2 Å². The van der Waals surface area contributed by atoms with Crippen LogP contribution < -0.4 is 5.32 Å². The van der Waals surface area contributed by atoms with Crippen molar-refractivity contribution in [3.63, 3.8) is 0 Å². The summed E-state index contributed by atoms with van der Waals surface area (Å²) >= 11 is 0. The maximum atomic E-state index is 13.9. The Hall–Kier alpha value is -2.94. The van der Waals surface area contributed by atoms with Crippen molar-refractivity contribution in [3.8, 4) is 0 Å². The minimum Gasteiger partial charge on any atom is -0.364 e. The third kappa shape index (κ3) is 3.38. The number of amidine groups is 1. The summed E-state index contributed by atoms with van der Waals surface area (Å²) in [5, 5.41) is 3.57. The van der Waals surface area contributed by atoms with E-state index < -0.39 is 0 Å². The third-order valence-electron chi connectivity index (χ3n) is 4.84. The number of aryl methyl sites for hydroxylation is 1. The first kappa shape index (κ1) is 16.5. The van der Waals surface area contributed by atoms with Crippen LogP contribution in [0.1, 0.15) is 34.3 Å². The zero-order valence-corrected chi connectivity index (χ0v) is 14.7. The molecule has 3 heteroatoms. The lowest BCUT2D eigenvalue weighted by Gasteiger charge is -2.19. The molecular weight excluding hydrogens is 323 g/mol. The Bertz CT molecular complexity index is 919. The van der Waals surface area contributed by atoms with Crippen molar-refractivity contribution in [2.24, 2.45) is 4.99 Å². The Morgan fingerprint density at radius 3 is 2.19 bits per heavy atom. The van der Waals surface area contributed by atoms with E-state index in [9.17, 15) is 4.39 Å². The number of aliphatic imine (C=N–C) groups is 1. The van der Waals surface area contributed by atoms with Crippen LogP contribution in [0.2, 0.25) is 0 Å². The van der Waals surface area contributed by atoms with E-state index in [0.717, 1.165) is 11.4 Å². The van der Waals surface area contributed by atoms with E-state index in [-0.39, 0.29) is 17.9 Å². The molecule has 0 radical (unpaired) electrons. The third-order valence-corrected chi connectivity index (χ3v) is 4.84. The second-order valence-corrected chi connectivity index (χ2v) is 6.72. The number of benzene rings is 3. The Kier molecular flexibility index (Phi) is 4.53. The lowest BCUT2D eigenvalue weighted by Crippen LogP contribution is -2.25. The number of rotatable bonds is 4. The lowest BCUT2D eigenvalue weighted by molar-refractivity contribution is 0.571. The molecule has 1 aliphatic rings. The number of halogens is 1. The molecule has 0 spiro atoms. The number of nitrogens with zero attached hydrogens (tertiary/aromatic N) is 1. The van der Waals surface area contributed by atoms with Crippen LogP contribution in [0.3, 0.4) is 0 Å². The molecule has 0 unspecified atom stereocenters. The first-order chi connectivity index (χ1) is 12.7. The van der Waals surface area contributed by atoms with Gasteiger partial charge in [0.2, 0.25) is 0 Å². The van der Waals surface area contributed by atoms with Crippen molar-refractivity contribution in [1.82, 2.24) is 5.32 Å². The van der Waals surface area contributed by atoms with Crippen LogP contribution in [0.15, 0.2) is 83.9 Å².